The van der Waals surface area contributed by atoms with Gasteiger partial charge in [-0.15, -0.1) is 0 Å². The minimum atomic E-state index is -3.81. The Kier molecular flexibility index (Phi) is 6.53. The van der Waals surface area contributed by atoms with E-state index in [1.807, 2.05) is 0 Å². The molecule has 1 aliphatic heterocycles. The summed E-state index contributed by atoms with van der Waals surface area (Å²) in [6.07, 6.45) is 1.47. The van der Waals surface area contributed by atoms with Gasteiger partial charge in [0.15, 0.2) is 11.5 Å². The van der Waals surface area contributed by atoms with Gasteiger partial charge in [-0.05, 0) is 35.9 Å². The molecule has 11 heteroatoms. The summed E-state index contributed by atoms with van der Waals surface area (Å²) in [5.74, 6) is 1.24. The van der Waals surface area contributed by atoms with Crippen LogP contribution < -0.4 is 14.9 Å². The van der Waals surface area contributed by atoms with E-state index in [0.29, 0.717) is 30.3 Å². The van der Waals surface area contributed by atoms with E-state index in [1.54, 1.807) is 32.0 Å². The smallest absolute Gasteiger partial charge is 0.295 e. The molecular formula is C19H22N4O6S. The molecular weight excluding hydrogens is 412 g/mol. The first-order valence-corrected chi connectivity index (χ1v) is 10.8. The SMILES string of the molecule is CCN(CC)S(=O)(=O)c1ccc(NN=Cc2ccc3c(c2)OCCO3)c([N+](=O)[O-])c1. The maximum absolute atomic E-state index is 12.6. The zero-order chi connectivity index (χ0) is 21.7. The summed E-state index contributed by atoms with van der Waals surface area (Å²) in [5.41, 5.74) is 3.00. The maximum atomic E-state index is 12.6. The van der Waals surface area contributed by atoms with Crippen LogP contribution in [0.1, 0.15) is 19.4 Å². The van der Waals surface area contributed by atoms with E-state index in [9.17, 15) is 18.5 Å². The highest BCUT2D eigenvalue weighted by molar-refractivity contribution is 7.89. The fourth-order valence-corrected chi connectivity index (χ4v) is 4.43. The lowest BCUT2D eigenvalue weighted by Crippen LogP contribution is -2.30. The molecule has 1 heterocycles. The van der Waals surface area contributed by atoms with Gasteiger partial charge in [-0.1, -0.05) is 13.8 Å². The molecule has 0 atom stereocenters. The third-order valence-corrected chi connectivity index (χ3v) is 6.52. The van der Waals surface area contributed by atoms with Crippen molar-refractivity contribution < 1.29 is 22.8 Å². The molecule has 1 aliphatic rings. The van der Waals surface area contributed by atoms with Crippen LogP contribution in [0.15, 0.2) is 46.4 Å². The number of rotatable bonds is 8. The average Bonchev–Trinajstić information content (AvgIpc) is 2.74. The Bertz CT molecular complexity index is 1070. The molecule has 2 aromatic carbocycles. The Hall–Kier alpha value is -3.18. The van der Waals surface area contributed by atoms with E-state index in [-0.39, 0.29) is 29.4 Å². The second kappa shape index (κ2) is 9.09. The number of hydrazone groups is 1. The van der Waals surface area contributed by atoms with Crippen molar-refractivity contribution in [1.82, 2.24) is 4.31 Å². The lowest BCUT2D eigenvalue weighted by Gasteiger charge is -2.18. The second-order valence-electron chi connectivity index (χ2n) is 6.30. The van der Waals surface area contributed by atoms with Crippen LogP contribution in [0, 0.1) is 10.1 Å². The Balaban J connectivity index is 1.82. The summed E-state index contributed by atoms with van der Waals surface area (Å²) in [6, 6.07) is 8.96. The van der Waals surface area contributed by atoms with Crippen molar-refractivity contribution in [3.8, 4) is 11.5 Å². The summed E-state index contributed by atoms with van der Waals surface area (Å²) in [4.78, 5) is 10.7. The van der Waals surface area contributed by atoms with Crippen LogP contribution in [0.25, 0.3) is 0 Å². The Morgan fingerprint density at radius 2 is 1.83 bits per heavy atom. The maximum Gasteiger partial charge on any atom is 0.295 e. The molecule has 1 N–H and O–H groups in total. The first-order valence-electron chi connectivity index (χ1n) is 9.34. The summed E-state index contributed by atoms with van der Waals surface area (Å²) >= 11 is 0. The number of nitro groups is 1. The molecule has 0 saturated carbocycles. The molecule has 10 nitrogen and oxygen atoms in total. The lowest BCUT2D eigenvalue weighted by atomic mass is 10.2. The van der Waals surface area contributed by atoms with Gasteiger partial charge >= 0.3 is 0 Å². The fourth-order valence-electron chi connectivity index (χ4n) is 2.95. The molecule has 0 aromatic heterocycles. The second-order valence-corrected chi connectivity index (χ2v) is 8.24. The van der Waals surface area contributed by atoms with E-state index in [1.165, 1.54) is 22.7 Å². The minimum absolute atomic E-state index is 0.0762. The zero-order valence-electron chi connectivity index (χ0n) is 16.6. The van der Waals surface area contributed by atoms with E-state index in [0.717, 1.165) is 6.07 Å². The highest BCUT2D eigenvalue weighted by Crippen LogP contribution is 2.31. The molecule has 0 aliphatic carbocycles. The zero-order valence-corrected chi connectivity index (χ0v) is 17.4. The first kappa shape index (κ1) is 21.5. The third kappa shape index (κ3) is 4.52. The van der Waals surface area contributed by atoms with Crippen molar-refractivity contribution >= 4 is 27.6 Å². The number of hydrogen-bond acceptors (Lipinski definition) is 8. The lowest BCUT2D eigenvalue weighted by molar-refractivity contribution is -0.384. The van der Waals surface area contributed by atoms with Crippen LogP contribution in [0.2, 0.25) is 0 Å². The summed E-state index contributed by atoms with van der Waals surface area (Å²) in [7, 11) is -3.81. The molecule has 0 radical (unpaired) electrons. The van der Waals surface area contributed by atoms with Gasteiger partial charge in [-0.25, -0.2) is 8.42 Å². The highest BCUT2D eigenvalue weighted by Gasteiger charge is 2.25. The Morgan fingerprint density at radius 1 is 1.13 bits per heavy atom. The van der Waals surface area contributed by atoms with Crippen LogP contribution in [0.3, 0.4) is 0 Å². The van der Waals surface area contributed by atoms with Crippen LogP contribution in [-0.2, 0) is 10.0 Å². The molecule has 0 bridgehead atoms. The van der Waals surface area contributed by atoms with Gasteiger partial charge in [0.25, 0.3) is 5.69 Å². The van der Waals surface area contributed by atoms with Gasteiger partial charge in [-0.3, -0.25) is 15.5 Å². The minimum Gasteiger partial charge on any atom is -0.486 e. The van der Waals surface area contributed by atoms with Crippen LogP contribution in [0.5, 0.6) is 11.5 Å². The van der Waals surface area contributed by atoms with Gasteiger partial charge < -0.3 is 9.47 Å². The van der Waals surface area contributed by atoms with Crippen molar-refractivity contribution in [3.63, 3.8) is 0 Å². The average molecular weight is 434 g/mol. The summed E-state index contributed by atoms with van der Waals surface area (Å²) in [6.45, 7) is 4.90. The van der Waals surface area contributed by atoms with Gasteiger partial charge in [0.1, 0.15) is 18.9 Å². The number of ether oxygens (including phenoxy) is 2. The van der Waals surface area contributed by atoms with Gasteiger partial charge in [0.05, 0.1) is 16.0 Å². The monoisotopic (exact) mass is 434 g/mol. The van der Waals surface area contributed by atoms with Gasteiger partial charge in [0, 0.05) is 19.2 Å². The number of nitro benzene ring substituents is 1. The highest BCUT2D eigenvalue weighted by atomic mass is 32.2. The molecule has 3 rings (SSSR count). The van der Waals surface area contributed by atoms with Gasteiger partial charge in [-0.2, -0.15) is 9.41 Å². The van der Waals surface area contributed by atoms with E-state index >= 15 is 0 Å². The normalized spacial score (nSPS) is 13.6. The number of anilines is 1. The van der Waals surface area contributed by atoms with Crippen LogP contribution >= 0.6 is 0 Å². The molecule has 30 heavy (non-hydrogen) atoms. The van der Waals surface area contributed by atoms with Crippen LogP contribution in [-0.4, -0.2) is 50.2 Å². The molecule has 0 fully saturated rings. The molecule has 0 amide bonds. The summed E-state index contributed by atoms with van der Waals surface area (Å²) in [5, 5.41) is 15.5. The number of fused-ring (bicyclic) bond motifs is 1. The number of nitrogens with one attached hydrogen (secondary N) is 1. The van der Waals surface area contributed by atoms with Crippen molar-refractivity contribution in [2.24, 2.45) is 5.10 Å². The van der Waals surface area contributed by atoms with Crippen molar-refractivity contribution in [2.75, 3.05) is 31.7 Å². The number of benzene rings is 2. The quantitative estimate of drug-likeness (QED) is 0.385. The van der Waals surface area contributed by atoms with Gasteiger partial charge in [0.2, 0.25) is 10.0 Å². The number of nitrogens with zero attached hydrogens (tertiary/aromatic N) is 3. The van der Waals surface area contributed by atoms with Crippen molar-refractivity contribution in [3.05, 3.63) is 52.1 Å². The molecule has 0 saturated heterocycles. The fraction of sp³-hybridized carbons (Fsp3) is 0.316. The molecule has 2 aromatic rings. The van der Waals surface area contributed by atoms with Crippen LogP contribution in [0.4, 0.5) is 11.4 Å². The first-order chi connectivity index (χ1) is 14.4. The molecule has 160 valence electrons. The van der Waals surface area contributed by atoms with E-state index < -0.39 is 14.9 Å². The third-order valence-electron chi connectivity index (χ3n) is 4.47. The van der Waals surface area contributed by atoms with E-state index in [4.69, 9.17) is 9.47 Å². The topological polar surface area (TPSA) is 123 Å². The number of hydrogen-bond donors (Lipinski definition) is 1. The standard InChI is InChI=1S/C19H22N4O6S/c1-3-22(4-2)30(26,27)15-6-7-16(17(12-15)23(24)25)21-20-13-14-5-8-18-19(11-14)29-10-9-28-18/h5-8,11-13,21H,3-4,9-10H2,1-2H3. The van der Waals surface area contributed by atoms with E-state index in [2.05, 4.69) is 10.5 Å². The predicted octanol–water partition coefficient (Wildman–Crippen LogP) is 2.84. The summed E-state index contributed by atoms with van der Waals surface area (Å²) < 4.78 is 37.4. The Labute approximate surface area is 174 Å². The predicted molar refractivity (Wildman–Crippen MR) is 112 cm³/mol. The molecule has 0 unspecified atom stereocenters. The van der Waals surface area contributed by atoms with Crippen molar-refractivity contribution in [2.45, 2.75) is 18.7 Å². The van der Waals surface area contributed by atoms with Crippen molar-refractivity contribution in [1.29, 1.82) is 0 Å². The number of sulfonamides is 1. The largest absolute Gasteiger partial charge is 0.486 e. The Morgan fingerprint density at radius 3 is 2.50 bits per heavy atom. The molecule has 0 spiro atoms.